The SMILES string of the molecule is CN(C)C[C@@H](CN)c1ccc(Cl)cc1. The second kappa shape index (κ2) is 5.35. The van der Waals surface area contributed by atoms with Gasteiger partial charge in [0.25, 0.3) is 0 Å². The molecule has 2 N–H and O–H groups in total. The van der Waals surface area contributed by atoms with Crippen molar-refractivity contribution in [3.8, 4) is 0 Å². The first-order valence-electron chi connectivity index (χ1n) is 4.73. The van der Waals surface area contributed by atoms with E-state index in [9.17, 15) is 0 Å². The summed E-state index contributed by atoms with van der Waals surface area (Å²) in [5.41, 5.74) is 6.99. The van der Waals surface area contributed by atoms with E-state index < -0.39 is 0 Å². The fourth-order valence-electron chi connectivity index (χ4n) is 1.49. The Labute approximate surface area is 90.7 Å². The fourth-order valence-corrected chi connectivity index (χ4v) is 1.62. The molecule has 78 valence electrons. The third kappa shape index (κ3) is 3.29. The number of likely N-dealkylation sites (N-methyl/N-ethyl adjacent to an activating group) is 1. The molecule has 1 aromatic carbocycles. The van der Waals surface area contributed by atoms with E-state index in [2.05, 4.69) is 19.0 Å². The van der Waals surface area contributed by atoms with Crippen LogP contribution in [0.2, 0.25) is 5.02 Å². The lowest BCUT2D eigenvalue weighted by Crippen LogP contribution is -2.25. The zero-order valence-electron chi connectivity index (χ0n) is 8.70. The quantitative estimate of drug-likeness (QED) is 0.827. The van der Waals surface area contributed by atoms with Gasteiger partial charge in [0.1, 0.15) is 0 Å². The van der Waals surface area contributed by atoms with Gasteiger partial charge in [-0.2, -0.15) is 0 Å². The summed E-state index contributed by atoms with van der Waals surface area (Å²) < 4.78 is 0. The molecule has 1 rings (SSSR count). The lowest BCUT2D eigenvalue weighted by atomic mass is 9.99. The normalized spacial score (nSPS) is 13.2. The molecule has 2 nitrogen and oxygen atoms in total. The van der Waals surface area contributed by atoms with Gasteiger partial charge >= 0.3 is 0 Å². The van der Waals surface area contributed by atoms with Gasteiger partial charge in [-0.1, -0.05) is 23.7 Å². The van der Waals surface area contributed by atoms with Crippen LogP contribution in [0.15, 0.2) is 24.3 Å². The molecule has 0 aliphatic carbocycles. The van der Waals surface area contributed by atoms with E-state index in [0.29, 0.717) is 12.5 Å². The van der Waals surface area contributed by atoms with Gasteiger partial charge in [0.2, 0.25) is 0 Å². The highest BCUT2D eigenvalue weighted by atomic mass is 35.5. The van der Waals surface area contributed by atoms with Crippen molar-refractivity contribution in [2.45, 2.75) is 5.92 Å². The molecule has 0 aromatic heterocycles. The Balaban J connectivity index is 2.73. The Morgan fingerprint density at radius 1 is 1.29 bits per heavy atom. The molecular formula is C11H17ClN2. The standard InChI is InChI=1S/C11H17ClN2/c1-14(2)8-10(7-13)9-3-5-11(12)6-4-9/h3-6,10H,7-8,13H2,1-2H3/t10-/m1/s1. The monoisotopic (exact) mass is 212 g/mol. The van der Waals surface area contributed by atoms with Gasteiger partial charge in [0.15, 0.2) is 0 Å². The average Bonchev–Trinajstić information content (AvgIpc) is 2.15. The summed E-state index contributed by atoms with van der Waals surface area (Å²) in [4.78, 5) is 2.14. The predicted molar refractivity (Wildman–Crippen MR) is 61.8 cm³/mol. The minimum absolute atomic E-state index is 0.391. The number of benzene rings is 1. The summed E-state index contributed by atoms with van der Waals surface area (Å²) in [5.74, 6) is 0.391. The summed E-state index contributed by atoms with van der Waals surface area (Å²) in [5, 5.41) is 0.773. The smallest absolute Gasteiger partial charge is 0.0406 e. The third-order valence-corrected chi connectivity index (χ3v) is 2.46. The Kier molecular flexibility index (Phi) is 4.39. The molecule has 1 atom stereocenters. The van der Waals surface area contributed by atoms with Crippen LogP contribution in [-0.4, -0.2) is 32.1 Å². The van der Waals surface area contributed by atoms with Crippen molar-refractivity contribution in [3.05, 3.63) is 34.9 Å². The Morgan fingerprint density at radius 2 is 1.86 bits per heavy atom. The van der Waals surface area contributed by atoms with E-state index in [1.165, 1.54) is 5.56 Å². The zero-order chi connectivity index (χ0) is 10.6. The molecule has 0 unspecified atom stereocenters. The van der Waals surface area contributed by atoms with Crippen LogP contribution in [0.5, 0.6) is 0 Å². The van der Waals surface area contributed by atoms with Crippen molar-refractivity contribution in [1.82, 2.24) is 4.90 Å². The molecule has 3 heteroatoms. The van der Waals surface area contributed by atoms with Crippen molar-refractivity contribution in [2.75, 3.05) is 27.2 Å². The fraction of sp³-hybridized carbons (Fsp3) is 0.455. The number of nitrogens with zero attached hydrogens (tertiary/aromatic N) is 1. The number of hydrogen-bond donors (Lipinski definition) is 1. The predicted octanol–water partition coefficient (Wildman–Crippen LogP) is 1.94. The van der Waals surface area contributed by atoms with Gasteiger partial charge in [-0.05, 0) is 31.8 Å². The number of halogens is 1. The highest BCUT2D eigenvalue weighted by Gasteiger charge is 2.10. The second-order valence-corrected chi connectivity index (χ2v) is 4.18. The zero-order valence-corrected chi connectivity index (χ0v) is 9.46. The maximum absolute atomic E-state index is 5.82. The molecule has 0 aliphatic heterocycles. The maximum atomic E-state index is 5.82. The van der Waals surface area contributed by atoms with Crippen molar-refractivity contribution in [2.24, 2.45) is 5.73 Å². The van der Waals surface area contributed by atoms with E-state index in [1.807, 2.05) is 24.3 Å². The molecule has 0 saturated carbocycles. The lowest BCUT2D eigenvalue weighted by Gasteiger charge is -2.19. The lowest BCUT2D eigenvalue weighted by molar-refractivity contribution is 0.375. The molecular weight excluding hydrogens is 196 g/mol. The van der Waals surface area contributed by atoms with E-state index >= 15 is 0 Å². The molecule has 0 aliphatic rings. The highest BCUT2D eigenvalue weighted by molar-refractivity contribution is 6.30. The number of nitrogens with two attached hydrogens (primary N) is 1. The van der Waals surface area contributed by atoms with Crippen LogP contribution in [0, 0.1) is 0 Å². The van der Waals surface area contributed by atoms with E-state index in [-0.39, 0.29) is 0 Å². The van der Waals surface area contributed by atoms with Gasteiger partial charge in [-0.3, -0.25) is 0 Å². The third-order valence-electron chi connectivity index (χ3n) is 2.21. The molecule has 14 heavy (non-hydrogen) atoms. The van der Waals surface area contributed by atoms with Crippen LogP contribution in [0.3, 0.4) is 0 Å². The van der Waals surface area contributed by atoms with Crippen LogP contribution in [-0.2, 0) is 0 Å². The molecule has 0 bridgehead atoms. The van der Waals surface area contributed by atoms with E-state index in [0.717, 1.165) is 11.6 Å². The summed E-state index contributed by atoms with van der Waals surface area (Å²) in [6, 6.07) is 7.91. The maximum Gasteiger partial charge on any atom is 0.0406 e. The summed E-state index contributed by atoms with van der Waals surface area (Å²) in [7, 11) is 4.11. The van der Waals surface area contributed by atoms with Gasteiger partial charge in [0.05, 0.1) is 0 Å². The molecule has 0 saturated heterocycles. The van der Waals surface area contributed by atoms with Crippen LogP contribution < -0.4 is 5.73 Å². The molecule has 0 heterocycles. The van der Waals surface area contributed by atoms with Crippen molar-refractivity contribution in [1.29, 1.82) is 0 Å². The molecule has 0 fully saturated rings. The van der Waals surface area contributed by atoms with Gasteiger partial charge < -0.3 is 10.6 Å². The van der Waals surface area contributed by atoms with E-state index in [1.54, 1.807) is 0 Å². The topological polar surface area (TPSA) is 29.3 Å². The number of hydrogen-bond acceptors (Lipinski definition) is 2. The van der Waals surface area contributed by atoms with Gasteiger partial charge in [-0.15, -0.1) is 0 Å². The first kappa shape index (κ1) is 11.5. The first-order chi connectivity index (χ1) is 6.63. The summed E-state index contributed by atoms with van der Waals surface area (Å²) in [6.07, 6.45) is 0. The first-order valence-corrected chi connectivity index (χ1v) is 5.11. The molecule has 0 spiro atoms. The Hall–Kier alpha value is -0.570. The summed E-state index contributed by atoms with van der Waals surface area (Å²) in [6.45, 7) is 1.64. The highest BCUT2D eigenvalue weighted by Crippen LogP contribution is 2.18. The largest absolute Gasteiger partial charge is 0.330 e. The van der Waals surface area contributed by atoms with Crippen molar-refractivity contribution < 1.29 is 0 Å². The Bertz CT molecular complexity index is 269. The second-order valence-electron chi connectivity index (χ2n) is 3.75. The molecule has 1 aromatic rings. The van der Waals surface area contributed by atoms with Crippen LogP contribution in [0.25, 0.3) is 0 Å². The minimum atomic E-state index is 0.391. The van der Waals surface area contributed by atoms with Gasteiger partial charge in [-0.25, -0.2) is 0 Å². The van der Waals surface area contributed by atoms with Crippen LogP contribution in [0.4, 0.5) is 0 Å². The number of rotatable bonds is 4. The van der Waals surface area contributed by atoms with E-state index in [4.69, 9.17) is 17.3 Å². The minimum Gasteiger partial charge on any atom is -0.330 e. The van der Waals surface area contributed by atoms with Crippen LogP contribution >= 0.6 is 11.6 Å². The van der Waals surface area contributed by atoms with Crippen LogP contribution in [0.1, 0.15) is 11.5 Å². The summed E-state index contributed by atoms with van der Waals surface area (Å²) >= 11 is 5.82. The average molecular weight is 213 g/mol. The Morgan fingerprint density at radius 3 is 2.29 bits per heavy atom. The molecule has 0 radical (unpaired) electrons. The molecule has 0 amide bonds. The van der Waals surface area contributed by atoms with Gasteiger partial charge in [0, 0.05) is 24.0 Å². The van der Waals surface area contributed by atoms with Crippen molar-refractivity contribution >= 4 is 11.6 Å². The van der Waals surface area contributed by atoms with Crippen molar-refractivity contribution in [3.63, 3.8) is 0 Å².